The van der Waals surface area contributed by atoms with E-state index in [-0.39, 0.29) is 0 Å². The van der Waals surface area contributed by atoms with Crippen molar-refractivity contribution in [1.29, 1.82) is 0 Å². The van der Waals surface area contributed by atoms with Gasteiger partial charge in [0.1, 0.15) is 0 Å². The molecule has 2 unspecified atom stereocenters. The molecule has 1 saturated heterocycles. The van der Waals surface area contributed by atoms with E-state index in [1.807, 2.05) is 0 Å². The summed E-state index contributed by atoms with van der Waals surface area (Å²) in [6, 6.07) is 8.80. The molecular formula is C16H24N2O. The van der Waals surface area contributed by atoms with E-state index in [0.717, 1.165) is 32.8 Å². The van der Waals surface area contributed by atoms with Crippen LogP contribution in [0, 0.1) is 0 Å². The lowest BCUT2D eigenvalue weighted by Crippen LogP contribution is -2.38. The molecule has 2 heterocycles. The molecule has 2 N–H and O–H groups in total. The lowest BCUT2D eigenvalue weighted by molar-refractivity contribution is 0.0168. The molecule has 3 nitrogen and oxygen atoms in total. The molecule has 3 heteroatoms. The van der Waals surface area contributed by atoms with Gasteiger partial charge in [-0.25, -0.2) is 0 Å². The molecule has 1 fully saturated rings. The van der Waals surface area contributed by atoms with Crippen molar-refractivity contribution in [3.63, 3.8) is 0 Å². The van der Waals surface area contributed by atoms with Crippen LogP contribution in [0.3, 0.4) is 0 Å². The summed E-state index contributed by atoms with van der Waals surface area (Å²) in [5, 5.41) is 7.11. The van der Waals surface area contributed by atoms with Gasteiger partial charge in [-0.15, -0.1) is 0 Å². The van der Waals surface area contributed by atoms with Crippen LogP contribution < -0.4 is 10.6 Å². The van der Waals surface area contributed by atoms with Gasteiger partial charge in [-0.2, -0.15) is 0 Å². The molecule has 2 aliphatic heterocycles. The second-order valence-corrected chi connectivity index (χ2v) is 5.67. The van der Waals surface area contributed by atoms with E-state index < -0.39 is 0 Å². The van der Waals surface area contributed by atoms with E-state index in [1.54, 1.807) is 0 Å². The van der Waals surface area contributed by atoms with Gasteiger partial charge in [-0.1, -0.05) is 24.3 Å². The third-order valence-electron chi connectivity index (χ3n) is 4.24. The lowest BCUT2D eigenvalue weighted by atomic mass is 9.91. The quantitative estimate of drug-likeness (QED) is 0.869. The summed E-state index contributed by atoms with van der Waals surface area (Å²) in [7, 11) is 0. The van der Waals surface area contributed by atoms with Crippen molar-refractivity contribution in [3.8, 4) is 0 Å². The van der Waals surface area contributed by atoms with Crippen molar-refractivity contribution in [3.05, 3.63) is 35.4 Å². The minimum absolute atomic E-state index is 0.431. The van der Waals surface area contributed by atoms with Gasteiger partial charge in [0.25, 0.3) is 0 Å². The van der Waals surface area contributed by atoms with E-state index in [1.165, 1.54) is 30.4 Å². The van der Waals surface area contributed by atoms with E-state index in [0.29, 0.717) is 12.0 Å². The van der Waals surface area contributed by atoms with Gasteiger partial charge in [0.15, 0.2) is 0 Å². The number of nitrogens with one attached hydrogen (secondary N) is 2. The van der Waals surface area contributed by atoms with E-state index in [9.17, 15) is 0 Å². The van der Waals surface area contributed by atoms with Crippen LogP contribution in [0.5, 0.6) is 0 Å². The van der Waals surface area contributed by atoms with Gasteiger partial charge >= 0.3 is 0 Å². The molecule has 0 bridgehead atoms. The van der Waals surface area contributed by atoms with Crippen LogP contribution >= 0.6 is 0 Å². The maximum atomic E-state index is 5.76. The van der Waals surface area contributed by atoms with Crippen molar-refractivity contribution < 1.29 is 4.74 Å². The van der Waals surface area contributed by atoms with E-state index in [4.69, 9.17) is 4.74 Å². The number of fused-ring (bicyclic) bond motifs is 1. The van der Waals surface area contributed by atoms with E-state index in [2.05, 4.69) is 34.9 Å². The van der Waals surface area contributed by atoms with Crippen molar-refractivity contribution in [1.82, 2.24) is 10.6 Å². The fourth-order valence-electron chi connectivity index (χ4n) is 3.15. The molecule has 1 aromatic carbocycles. The summed E-state index contributed by atoms with van der Waals surface area (Å²) in [5.41, 5.74) is 2.97. The topological polar surface area (TPSA) is 33.3 Å². The molecule has 2 atom stereocenters. The van der Waals surface area contributed by atoms with Gasteiger partial charge in [-0.05, 0) is 30.4 Å². The van der Waals surface area contributed by atoms with Gasteiger partial charge in [0.05, 0.1) is 6.10 Å². The van der Waals surface area contributed by atoms with Gasteiger partial charge < -0.3 is 15.4 Å². The van der Waals surface area contributed by atoms with Gasteiger partial charge in [0.2, 0.25) is 0 Å². The molecule has 0 aliphatic carbocycles. The van der Waals surface area contributed by atoms with Crippen LogP contribution in [-0.2, 0) is 11.3 Å². The SMILES string of the molecule is c1ccc2c(c1)CNCC2CNCC1CCCCO1. The van der Waals surface area contributed by atoms with Crippen molar-refractivity contribution in [2.45, 2.75) is 37.8 Å². The standard InChI is InChI=1S/C16H24N2O/c1-2-7-16-13(5-1)9-17-10-14(16)11-18-12-15-6-3-4-8-19-15/h1-2,5,7,14-15,17-18H,3-4,6,8-12H2. The Kier molecular flexibility index (Phi) is 4.49. The van der Waals surface area contributed by atoms with Crippen molar-refractivity contribution >= 4 is 0 Å². The molecule has 19 heavy (non-hydrogen) atoms. The largest absolute Gasteiger partial charge is 0.377 e. The molecule has 3 rings (SSSR count). The third kappa shape index (κ3) is 3.35. The average Bonchev–Trinajstić information content (AvgIpc) is 2.49. The maximum Gasteiger partial charge on any atom is 0.0699 e. The summed E-state index contributed by atoms with van der Waals surface area (Å²) in [6.45, 7) is 5.08. The monoisotopic (exact) mass is 260 g/mol. The normalized spacial score (nSPS) is 26.9. The Labute approximate surface area is 115 Å². The zero-order valence-electron chi connectivity index (χ0n) is 11.5. The smallest absolute Gasteiger partial charge is 0.0699 e. The molecule has 0 aromatic heterocycles. The predicted octanol–water partition coefficient (Wildman–Crippen LogP) is 2.03. The molecule has 0 saturated carbocycles. The summed E-state index contributed by atoms with van der Waals surface area (Å²) < 4.78 is 5.76. The first kappa shape index (κ1) is 13.1. The Balaban J connectivity index is 1.50. The highest BCUT2D eigenvalue weighted by molar-refractivity contribution is 5.32. The molecule has 104 valence electrons. The molecule has 0 radical (unpaired) electrons. The number of hydrogen-bond donors (Lipinski definition) is 2. The predicted molar refractivity (Wildman–Crippen MR) is 77.4 cm³/mol. The highest BCUT2D eigenvalue weighted by Gasteiger charge is 2.20. The molecule has 0 amide bonds. The second kappa shape index (κ2) is 6.51. The maximum absolute atomic E-state index is 5.76. The second-order valence-electron chi connectivity index (χ2n) is 5.67. The van der Waals surface area contributed by atoms with Gasteiger partial charge in [-0.3, -0.25) is 0 Å². The molecule has 1 aromatic rings. The number of ether oxygens (including phenoxy) is 1. The van der Waals surface area contributed by atoms with Crippen LogP contribution in [-0.4, -0.2) is 32.3 Å². The minimum atomic E-state index is 0.431. The van der Waals surface area contributed by atoms with Crippen LogP contribution in [0.25, 0.3) is 0 Å². The molecular weight excluding hydrogens is 236 g/mol. The number of hydrogen-bond acceptors (Lipinski definition) is 3. The van der Waals surface area contributed by atoms with E-state index >= 15 is 0 Å². The first-order valence-corrected chi connectivity index (χ1v) is 7.54. The van der Waals surface area contributed by atoms with Crippen molar-refractivity contribution in [2.24, 2.45) is 0 Å². The Morgan fingerprint density at radius 2 is 2.16 bits per heavy atom. The Morgan fingerprint density at radius 1 is 1.21 bits per heavy atom. The molecule has 2 aliphatic rings. The number of rotatable bonds is 4. The average molecular weight is 260 g/mol. The summed E-state index contributed by atoms with van der Waals surface area (Å²) in [6.07, 6.45) is 4.20. The summed E-state index contributed by atoms with van der Waals surface area (Å²) in [4.78, 5) is 0. The highest BCUT2D eigenvalue weighted by Crippen LogP contribution is 2.23. The highest BCUT2D eigenvalue weighted by atomic mass is 16.5. The summed E-state index contributed by atoms with van der Waals surface area (Å²) in [5.74, 6) is 0.591. The summed E-state index contributed by atoms with van der Waals surface area (Å²) >= 11 is 0. The Bertz CT molecular complexity index is 401. The van der Waals surface area contributed by atoms with Crippen LogP contribution in [0.1, 0.15) is 36.3 Å². The molecule has 0 spiro atoms. The van der Waals surface area contributed by atoms with Crippen LogP contribution in [0.15, 0.2) is 24.3 Å². The van der Waals surface area contributed by atoms with Crippen LogP contribution in [0.4, 0.5) is 0 Å². The first-order valence-electron chi connectivity index (χ1n) is 7.54. The van der Waals surface area contributed by atoms with Crippen molar-refractivity contribution in [2.75, 3.05) is 26.2 Å². The fourth-order valence-corrected chi connectivity index (χ4v) is 3.15. The Morgan fingerprint density at radius 3 is 3.05 bits per heavy atom. The minimum Gasteiger partial charge on any atom is -0.377 e. The third-order valence-corrected chi connectivity index (χ3v) is 4.24. The zero-order valence-corrected chi connectivity index (χ0v) is 11.5. The lowest BCUT2D eigenvalue weighted by Gasteiger charge is -2.28. The zero-order chi connectivity index (χ0) is 12.9. The fraction of sp³-hybridized carbons (Fsp3) is 0.625. The van der Waals surface area contributed by atoms with Gasteiger partial charge in [0, 0.05) is 38.7 Å². The van der Waals surface area contributed by atoms with Crippen LogP contribution in [0.2, 0.25) is 0 Å². The Hall–Kier alpha value is -0.900. The first-order chi connectivity index (χ1) is 9.43. The number of benzene rings is 1.